The lowest BCUT2D eigenvalue weighted by molar-refractivity contribution is 0.680. The number of benzene rings is 1. The molecule has 0 saturated heterocycles. The Labute approximate surface area is 105 Å². The molecule has 1 aromatic rings. The van der Waals surface area contributed by atoms with Crippen LogP contribution in [0.15, 0.2) is 48.7 Å². The number of hydrogen-bond acceptors (Lipinski definition) is 1. The van der Waals surface area contributed by atoms with Gasteiger partial charge in [-0.15, -0.1) is 0 Å². The van der Waals surface area contributed by atoms with Crippen molar-refractivity contribution in [3.8, 4) is 0 Å². The number of hydrogen-bond donors (Lipinski definition) is 1. The molecule has 0 amide bonds. The molecule has 1 nitrogen and oxygen atoms in total. The largest absolute Gasteiger partial charge is 0.385 e. The number of rotatable bonds is 6. The van der Waals surface area contributed by atoms with E-state index in [9.17, 15) is 0 Å². The van der Waals surface area contributed by atoms with Crippen LogP contribution in [0.5, 0.6) is 0 Å². The van der Waals surface area contributed by atoms with Gasteiger partial charge in [0.05, 0.1) is 0 Å². The molecule has 1 unspecified atom stereocenters. The SMILES string of the molecule is C=C(C)NCc1ccc(CC(C)C(=C)C)cc1. The van der Waals surface area contributed by atoms with E-state index in [4.69, 9.17) is 0 Å². The first-order valence-electron chi connectivity index (χ1n) is 6.11. The minimum absolute atomic E-state index is 0.550. The zero-order valence-electron chi connectivity index (χ0n) is 11.2. The van der Waals surface area contributed by atoms with Crippen LogP contribution in [0.1, 0.15) is 31.9 Å². The van der Waals surface area contributed by atoms with Crippen LogP contribution in [-0.2, 0) is 13.0 Å². The molecular weight excluding hydrogens is 206 g/mol. The molecular formula is C16H23N. The van der Waals surface area contributed by atoms with Gasteiger partial charge in [-0.3, -0.25) is 0 Å². The van der Waals surface area contributed by atoms with E-state index in [2.05, 4.69) is 56.6 Å². The third-order valence-corrected chi connectivity index (χ3v) is 3.00. The zero-order chi connectivity index (χ0) is 12.8. The summed E-state index contributed by atoms with van der Waals surface area (Å²) in [5, 5.41) is 3.23. The molecule has 0 aliphatic rings. The average Bonchev–Trinajstić information content (AvgIpc) is 2.28. The Bertz CT molecular complexity index is 386. The summed E-state index contributed by atoms with van der Waals surface area (Å²) >= 11 is 0. The molecule has 0 saturated carbocycles. The Morgan fingerprint density at radius 1 is 1.12 bits per heavy atom. The van der Waals surface area contributed by atoms with Gasteiger partial charge in [-0.05, 0) is 37.3 Å². The van der Waals surface area contributed by atoms with Gasteiger partial charge in [-0.25, -0.2) is 0 Å². The lowest BCUT2D eigenvalue weighted by Gasteiger charge is -2.11. The Hall–Kier alpha value is -1.50. The van der Waals surface area contributed by atoms with Crippen molar-refractivity contribution in [2.45, 2.75) is 33.7 Å². The summed E-state index contributed by atoms with van der Waals surface area (Å²) in [6.07, 6.45) is 1.07. The Morgan fingerprint density at radius 2 is 1.65 bits per heavy atom. The third kappa shape index (κ3) is 4.90. The van der Waals surface area contributed by atoms with Crippen LogP contribution in [-0.4, -0.2) is 0 Å². The van der Waals surface area contributed by atoms with Crippen molar-refractivity contribution in [3.63, 3.8) is 0 Å². The van der Waals surface area contributed by atoms with Crippen LogP contribution in [0.3, 0.4) is 0 Å². The lowest BCUT2D eigenvalue weighted by Crippen LogP contribution is -2.09. The number of allylic oxidation sites excluding steroid dienone is 2. The van der Waals surface area contributed by atoms with Gasteiger partial charge in [0.2, 0.25) is 0 Å². The molecule has 0 aliphatic heterocycles. The van der Waals surface area contributed by atoms with Crippen LogP contribution >= 0.6 is 0 Å². The molecule has 0 bridgehead atoms. The van der Waals surface area contributed by atoms with E-state index >= 15 is 0 Å². The van der Waals surface area contributed by atoms with Crippen LogP contribution in [0.2, 0.25) is 0 Å². The van der Waals surface area contributed by atoms with Gasteiger partial charge in [-0.1, -0.05) is 49.9 Å². The molecule has 1 aromatic carbocycles. The molecule has 0 radical (unpaired) electrons. The summed E-state index contributed by atoms with van der Waals surface area (Å²) in [6.45, 7) is 15.0. The summed E-state index contributed by atoms with van der Waals surface area (Å²) in [7, 11) is 0. The van der Waals surface area contributed by atoms with Crippen molar-refractivity contribution >= 4 is 0 Å². The highest BCUT2D eigenvalue weighted by atomic mass is 14.9. The highest BCUT2D eigenvalue weighted by Crippen LogP contribution is 2.15. The van der Waals surface area contributed by atoms with E-state index in [0.29, 0.717) is 5.92 Å². The van der Waals surface area contributed by atoms with Crippen molar-refractivity contribution in [3.05, 3.63) is 59.8 Å². The number of nitrogens with one attached hydrogen (secondary N) is 1. The van der Waals surface area contributed by atoms with Gasteiger partial charge < -0.3 is 5.32 Å². The molecule has 1 rings (SSSR count). The third-order valence-electron chi connectivity index (χ3n) is 3.00. The summed E-state index contributed by atoms with van der Waals surface area (Å²) in [6, 6.07) is 8.76. The maximum absolute atomic E-state index is 4.00. The molecule has 0 aromatic heterocycles. The Kier molecular flexibility index (Phi) is 5.02. The fourth-order valence-electron chi connectivity index (χ4n) is 1.57. The van der Waals surface area contributed by atoms with Crippen LogP contribution in [0, 0.1) is 5.92 Å². The Balaban J connectivity index is 2.55. The normalized spacial score (nSPS) is 11.9. The molecule has 17 heavy (non-hydrogen) atoms. The maximum Gasteiger partial charge on any atom is 0.0397 e. The molecule has 0 fully saturated rings. The maximum atomic E-state index is 4.00. The van der Waals surface area contributed by atoms with Crippen LogP contribution in [0.25, 0.3) is 0 Å². The van der Waals surface area contributed by atoms with Crippen LogP contribution < -0.4 is 5.32 Å². The summed E-state index contributed by atoms with van der Waals surface area (Å²) in [5.74, 6) is 0.550. The van der Waals surface area contributed by atoms with Crippen molar-refractivity contribution in [2.75, 3.05) is 0 Å². The minimum Gasteiger partial charge on any atom is -0.385 e. The summed E-state index contributed by atoms with van der Waals surface area (Å²) in [4.78, 5) is 0. The molecule has 0 aliphatic carbocycles. The molecule has 0 spiro atoms. The topological polar surface area (TPSA) is 12.0 Å². The second kappa shape index (κ2) is 6.29. The fraction of sp³-hybridized carbons (Fsp3) is 0.375. The van der Waals surface area contributed by atoms with E-state index in [1.54, 1.807) is 0 Å². The van der Waals surface area contributed by atoms with Crippen molar-refractivity contribution in [1.82, 2.24) is 5.32 Å². The summed E-state index contributed by atoms with van der Waals surface area (Å²) in [5.41, 5.74) is 4.92. The first kappa shape index (κ1) is 13.6. The Morgan fingerprint density at radius 3 is 2.12 bits per heavy atom. The first-order chi connectivity index (χ1) is 7.99. The van der Waals surface area contributed by atoms with Crippen molar-refractivity contribution in [1.29, 1.82) is 0 Å². The zero-order valence-corrected chi connectivity index (χ0v) is 11.2. The lowest BCUT2D eigenvalue weighted by atomic mass is 9.95. The molecule has 1 atom stereocenters. The standard InChI is InChI=1S/C16H23N/c1-12(2)14(5)10-15-6-8-16(9-7-15)11-17-13(3)4/h6-9,14,17H,1,3,10-11H2,2,4-5H3. The van der Waals surface area contributed by atoms with E-state index in [0.717, 1.165) is 18.7 Å². The molecule has 92 valence electrons. The second-order valence-corrected chi connectivity index (χ2v) is 4.90. The van der Waals surface area contributed by atoms with Gasteiger partial charge in [0, 0.05) is 12.2 Å². The highest BCUT2D eigenvalue weighted by molar-refractivity contribution is 5.24. The van der Waals surface area contributed by atoms with E-state index < -0.39 is 0 Å². The summed E-state index contributed by atoms with van der Waals surface area (Å²) < 4.78 is 0. The van der Waals surface area contributed by atoms with E-state index in [1.165, 1.54) is 16.7 Å². The predicted molar refractivity (Wildman–Crippen MR) is 75.8 cm³/mol. The highest BCUT2D eigenvalue weighted by Gasteiger charge is 2.03. The fourth-order valence-corrected chi connectivity index (χ4v) is 1.57. The monoisotopic (exact) mass is 229 g/mol. The van der Waals surface area contributed by atoms with Gasteiger partial charge in [0.15, 0.2) is 0 Å². The quantitative estimate of drug-likeness (QED) is 0.725. The van der Waals surface area contributed by atoms with E-state index in [1.807, 2.05) is 6.92 Å². The first-order valence-corrected chi connectivity index (χ1v) is 6.11. The average molecular weight is 229 g/mol. The van der Waals surface area contributed by atoms with Crippen molar-refractivity contribution in [2.24, 2.45) is 5.92 Å². The molecule has 1 heteroatoms. The van der Waals surface area contributed by atoms with Gasteiger partial charge in [0.25, 0.3) is 0 Å². The molecule has 0 heterocycles. The predicted octanol–water partition coefficient (Wildman–Crippen LogP) is 4.06. The second-order valence-electron chi connectivity index (χ2n) is 4.90. The smallest absolute Gasteiger partial charge is 0.0397 e. The van der Waals surface area contributed by atoms with Gasteiger partial charge >= 0.3 is 0 Å². The van der Waals surface area contributed by atoms with Crippen molar-refractivity contribution < 1.29 is 0 Å². The van der Waals surface area contributed by atoms with Crippen LogP contribution in [0.4, 0.5) is 0 Å². The minimum atomic E-state index is 0.550. The van der Waals surface area contributed by atoms with Gasteiger partial charge in [-0.2, -0.15) is 0 Å². The van der Waals surface area contributed by atoms with Gasteiger partial charge in [0.1, 0.15) is 0 Å². The molecule has 1 N–H and O–H groups in total. The van der Waals surface area contributed by atoms with E-state index in [-0.39, 0.29) is 0 Å².